The lowest BCUT2D eigenvalue weighted by Crippen LogP contribution is -2.39. The highest BCUT2D eigenvalue weighted by Crippen LogP contribution is 2.43. The van der Waals surface area contributed by atoms with Crippen molar-refractivity contribution in [1.29, 1.82) is 0 Å². The maximum Gasteiger partial charge on any atom is 0.178 e. The number of ether oxygens (including phenoxy) is 3. The molecule has 0 aliphatic carbocycles. The maximum atomic E-state index is 13.6. The zero-order valence-electron chi connectivity index (χ0n) is 27.0. The van der Waals surface area contributed by atoms with Gasteiger partial charge in [-0.15, -0.1) is 0 Å². The Kier molecular flexibility index (Phi) is 12.5. The van der Waals surface area contributed by atoms with Crippen molar-refractivity contribution in [3.63, 3.8) is 0 Å². The molecule has 10 atom stereocenters. The van der Waals surface area contributed by atoms with Gasteiger partial charge in [0.05, 0.1) is 47.3 Å². The minimum Gasteiger partial charge on any atom is -0.396 e. The van der Waals surface area contributed by atoms with Gasteiger partial charge in [0.15, 0.2) is 9.84 Å². The average molecular weight is 617 g/mol. The van der Waals surface area contributed by atoms with E-state index >= 15 is 0 Å². The molecule has 3 aliphatic rings. The summed E-state index contributed by atoms with van der Waals surface area (Å²) in [6, 6.07) is 8.63. The predicted octanol–water partition coefficient (Wildman–Crippen LogP) is 7.31. The fourth-order valence-corrected chi connectivity index (χ4v) is 9.05. The largest absolute Gasteiger partial charge is 0.396 e. The number of unbranched alkanes of at least 4 members (excludes halogenated alkanes) is 1. The van der Waals surface area contributed by atoms with Crippen molar-refractivity contribution < 1.29 is 27.7 Å². The van der Waals surface area contributed by atoms with Gasteiger partial charge in [0.1, 0.15) is 0 Å². The summed E-state index contributed by atoms with van der Waals surface area (Å²) in [6.45, 7) is 17.4. The molecule has 3 fully saturated rings. The molecule has 6 nitrogen and oxygen atoms in total. The summed E-state index contributed by atoms with van der Waals surface area (Å²) in [5.74, 6) is 0.0951. The molecule has 43 heavy (non-hydrogen) atoms. The number of rotatable bonds is 15. The topological polar surface area (TPSA) is 82.1 Å². The molecule has 0 aromatic heterocycles. The third-order valence-corrected chi connectivity index (χ3v) is 12.1. The van der Waals surface area contributed by atoms with Gasteiger partial charge in [0.2, 0.25) is 0 Å². The van der Waals surface area contributed by atoms with Crippen molar-refractivity contribution in [3.05, 3.63) is 54.6 Å². The van der Waals surface area contributed by atoms with Crippen LogP contribution in [0.25, 0.3) is 0 Å². The van der Waals surface area contributed by atoms with Crippen molar-refractivity contribution in [1.82, 2.24) is 0 Å². The second-order valence-electron chi connectivity index (χ2n) is 13.6. The van der Waals surface area contributed by atoms with Crippen LogP contribution in [0, 0.1) is 23.7 Å². The second kappa shape index (κ2) is 15.7. The van der Waals surface area contributed by atoms with Crippen LogP contribution in [0.15, 0.2) is 59.5 Å². The molecule has 3 saturated heterocycles. The monoisotopic (exact) mass is 616 g/mol. The fraction of sp³-hybridized carbons (Fsp3) is 0.722. The minimum absolute atomic E-state index is 0.0532. The van der Waals surface area contributed by atoms with Gasteiger partial charge >= 0.3 is 0 Å². The van der Waals surface area contributed by atoms with E-state index in [2.05, 4.69) is 40.9 Å². The van der Waals surface area contributed by atoms with E-state index in [9.17, 15) is 13.5 Å². The third kappa shape index (κ3) is 8.82. The molecule has 0 saturated carbocycles. The molecule has 4 rings (SSSR count). The molecule has 1 N–H and O–H groups in total. The smallest absolute Gasteiger partial charge is 0.178 e. The molecule has 1 aromatic carbocycles. The number of benzene rings is 1. The van der Waals surface area contributed by atoms with Gasteiger partial charge in [0, 0.05) is 24.9 Å². The van der Waals surface area contributed by atoms with Gasteiger partial charge in [-0.25, -0.2) is 8.42 Å². The van der Waals surface area contributed by atoms with E-state index in [1.807, 2.05) is 6.07 Å². The zero-order chi connectivity index (χ0) is 31.1. The first-order valence-electron chi connectivity index (χ1n) is 16.8. The van der Waals surface area contributed by atoms with Crippen LogP contribution in [0.4, 0.5) is 0 Å². The van der Waals surface area contributed by atoms with Crippen molar-refractivity contribution in [2.75, 3.05) is 12.4 Å². The number of aliphatic hydroxyl groups excluding tert-OH is 1. The Bertz CT molecular complexity index is 1150. The van der Waals surface area contributed by atoms with Crippen LogP contribution in [0.5, 0.6) is 0 Å². The molecule has 0 spiro atoms. The van der Waals surface area contributed by atoms with Crippen LogP contribution in [-0.2, 0) is 24.0 Å². The van der Waals surface area contributed by atoms with Crippen LogP contribution in [0.2, 0.25) is 0 Å². The number of sulfone groups is 1. The van der Waals surface area contributed by atoms with Crippen LogP contribution in [-0.4, -0.2) is 62.5 Å². The summed E-state index contributed by atoms with van der Waals surface area (Å²) < 4.78 is 46.8. The normalized spacial score (nSPS) is 34.1. The number of hydrogen-bond donors (Lipinski definition) is 1. The van der Waals surface area contributed by atoms with Crippen LogP contribution < -0.4 is 0 Å². The lowest BCUT2D eigenvalue weighted by Gasteiger charge is -2.38. The minimum atomic E-state index is -3.56. The van der Waals surface area contributed by atoms with Crippen LogP contribution in [0.1, 0.15) is 91.9 Å². The molecule has 1 aromatic rings. The molecule has 2 unspecified atom stereocenters. The molecule has 7 heteroatoms. The standard InChI is InChI=1S/C36H56O6S/c1-7-9-13-28-20-26(5)33(40-28)17-16-29-19-25(4)27(6)34(41-29)21-36-32(23-43(38,39)30-14-11-10-12-15-30)31(22-37)35(42-36)18-24(3)8-2/h10-12,14-15,24-25,28-29,31-37H,5-9,13,16-23H2,1-4H3/t24-,25-,28+,29+,31-,32-,33?,34?,35-,36+/m1/s1. The lowest BCUT2D eigenvalue weighted by molar-refractivity contribution is -0.0739. The van der Waals surface area contributed by atoms with Crippen molar-refractivity contribution in [3.8, 4) is 0 Å². The van der Waals surface area contributed by atoms with Gasteiger partial charge in [0.25, 0.3) is 0 Å². The van der Waals surface area contributed by atoms with Gasteiger partial charge in [-0.2, -0.15) is 0 Å². The molecule has 0 amide bonds. The van der Waals surface area contributed by atoms with E-state index in [0.29, 0.717) is 29.3 Å². The molecular weight excluding hydrogens is 560 g/mol. The van der Waals surface area contributed by atoms with Crippen LogP contribution >= 0.6 is 0 Å². The summed E-state index contributed by atoms with van der Waals surface area (Å²) in [5.41, 5.74) is 2.26. The predicted molar refractivity (Wildman–Crippen MR) is 173 cm³/mol. The molecular formula is C36H56O6S. The summed E-state index contributed by atoms with van der Waals surface area (Å²) >= 11 is 0. The highest BCUT2D eigenvalue weighted by Gasteiger charge is 2.48. The quantitative estimate of drug-likeness (QED) is 0.208. The SMILES string of the molecule is C=C1C[C@H](CCCC)OC1CC[C@H]1C[C@@H](C)C(=C)C(C[C@@H]2O[C@H](C[C@H](C)CC)[C@H](CO)[C@H]2CS(=O)(=O)c2ccccc2)O1. The van der Waals surface area contributed by atoms with E-state index in [0.717, 1.165) is 50.5 Å². The summed E-state index contributed by atoms with van der Waals surface area (Å²) in [6.07, 6.45) is 9.23. The maximum absolute atomic E-state index is 13.6. The summed E-state index contributed by atoms with van der Waals surface area (Å²) in [4.78, 5) is 0.315. The van der Waals surface area contributed by atoms with Gasteiger partial charge in [-0.1, -0.05) is 78.3 Å². The van der Waals surface area contributed by atoms with E-state index < -0.39 is 9.84 Å². The Hall–Kier alpha value is -1.51. The molecule has 3 heterocycles. The molecule has 0 radical (unpaired) electrons. The van der Waals surface area contributed by atoms with Crippen molar-refractivity contribution in [2.24, 2.45) is 23.7 Å². The molecule has 0 bridgehead atoms. The highest BCUT2D eigenvalue weighted by atomic mass is 32.2. The summed E-state index contributed by atoms with van der Waals surface area (Å²) in [5, 5.41) is 10.5. The first kappa shape index (κ1) is 34.4. The highest BCUT2D eigenvalue weighted by molar-refractivity contribution is 7.91. The van der Waals surface area contributed by atoms with Gasteiger partial charge in [-0.3, -0.25) is 0 Å². The Balaban J connectivity index is 1.46. The molecule has 3 aliphatic heterocycles. The van der Waals surface area contributed by atoms with E-state index in [-0.39, 0.29) is 54.7 Å². The fourth-order valence-electron chi connectivity index (χ4n) is 7.32. The Labute approximate surface area is 261 Å². The first-order valence-corrected chi connectivity index (χ1v) is 18.4. The van der Waals surface area contributed by atoms with Gasteiger partial charge < -0.3 is 19.3 Å². The average Bonchev–Trinajstić information content (AvgIpc) is 3.50. The van der Waals surface area contributed by atoms with E-state index in [1.165, 1.54) is 18.4 Å². The Morgan fingerprint density at radius 1 is 0.953 bits per heavy atom. The second-order valence-corrected chi connectivity index (χ2v) is 15.6. The van der Waals surface area contributed by atoms with Crippen LogP contribution in [0.3, 0.4) is 0 Å². The first-order chi connectivity index (χ1) is 20.6. The van der Waals surface area contributed by atoms with Crippen molar-refractivity contribution in [2.45, 2.75) is 133 Å². The number of aliphatic hydroxyl groups is 1. The number of hydrogen-bond acceptors (Lipinski definition) is 6. The van der Waals surface area contributed by atoms with Gasteiger partial charge in [-0.05, 0) is 73.6 Å². The Morgan fingerprint density at radius 2 is 1.67 bits per heavy atom. The zero-order valence-corrected chi connectivity index (χ0v) is 27.8. The lowest BCUT2D eigenvalue weighted by atomic mass is 9.81. The third-order valence-electron chi connectivity index (χ3n) is 10.3. The Morgan fingerprint density at radius 3 is 2.35 bits per heavy atom. The van der Waals surface area contributed by atoms with E-state index in [4.69, 9.17) is 14.2 Å². The molecule has 242 valence electrons. The van der Waals surface area contributed by atoms with E-state index in [1.54, 1.807) is 24.3 Å². The summed E-state index contributed by atoms with van der Waals surface area (Å²) in [7, 11) is -3.56. The van der Waals surface area contributed by atoms with Crippen molar-refractivity contribution >= 4 is 9.84 Å².